The molecule has 0 N–H and O–H groups in total. The summed E-state index contributed by atoms with van der Waals surface area (Å²) in [5, 5.41) is 0.978. The van der Waals surface area contributed by atoms with Crippen LogP contribution in [0, 0.1) is 0 Å². The molecule has 0 unspecified atom stereocenters. The second-order valence-corrected chi connectivity index (χ2v) is 5.16. The fourth-order valence-electron chi connectivity index (χ4n) is 2.47. The van der Waals surface area contributed by atoms with E-state index in [9.17, 15) is 0 Å². The van der Waals surface area contributed by atoms with E-state index in [4.69, 9.17) is 9.15 Å². The largest absolute Gasteiger partial charge is 0.488 e. The number of hydrogen-bond acceptors (Lipinski definition) is 4. The Balaban J connectivity index is 1.74. The molecule has 112 valence electrons. The van der Waals surface area contributed by atoms with Crippen LogP contribution in [-0.4, -0.2) is 9.97 Å². The minimum atomic E-state index is 0.505. The Labute approximate surface area is 133 Å². The van der Waals surface area contributed by atoms with Crippen LogP contribution >= 0.6 is 0 Å². The number of benzene rings is 2. The summed E-state index contributed by atoms with van der Waals surface area (Å²) in [6.45, 7) is 0.505. The molecule has 0 amide bonds. The summed E-state index contributed by atoms with van der Waals surface area (Å²) in [6.07, 6.45) is 3.05. The van der Waals surface area contributed by atoms with Gasteiger partial charge in [-0.3, -0.25) is 0 Å². The predicted molar refractivity (Wildman–Crippen MR) is 88.0 cm³/mol. The molecule has 0 radical (unpaired) electrons. The summed E-state index contributed by atoms with van der Waals surface area (Å²) < 4.78 is 11.4. The van der Waals surface area contributed by atoms with Crippen LogP contribution in [0.2, 0.25) is 0 Å². The molecule has 0 aliphatic rings. The molecule has 4 aromatic rings. The summed E-state index contributed by atoms with van der Waals surface area (Å²) in [4.78, 5) is 8.57. The average Bonchev–Trinajstić information content (AvgIpc) is 3.15. The van der Waals surface area contributed by atoms with Crippen LogP contribution in [0.1, 0.15) is 5.56 Å². The van der Waals surface area contributed by atoms with Crippen molar-refractivity contribution in [1.82, 2.24) is 9.97 Å². The van der Waals surface area contributed by atoms with Crippen LogP contribution in [0.3, 0.4) is 0 Å². The zero-order valence-corrected chi connectivity index (χ0v) is 12.3. The lowest BCUT2D eigenvalue weighted by Gasteiger charge is -2.10. The quantitative estimate of drug-likeness (QED) is 0.558. The van der Waals surface area contributed by atoms with Crippen LogP contribution in [0.25, 0.3) is 22.4 Å². The highest BCUT2D eigenvalue weighted by Gasteiger charge is 2.10. The third kappa shape index (κ3) is 2.79. The molecule has 0 spiro atoms. The molecule has 0 atom stereocenters. The summed E-state index contributed by atoms with van der Waals surface area (Å²) in [7, 11) is 0. The van der Waals surface area contributed by atoms with Gasteiger partial charge in [0.05, 0.1) is 11.7 Å². The second-order valence-electron chi connectivity index (χ2n) is 5.16. The summed E-state index contributed by atoms with van der Waals surface area (Å²) >= 11 is 0. The topological polar surface area (TPSA) is 48.2 Å². The van der Waals surface area contributed by atoms with E-state index in [2.05, 4.69) is 9.97 Å². The van der Waals surface area contributed by atoms with Gasteiger partial charge in [-0.2, -0.15) is 0 Å². The molecule has 0 bridgehead atoms. The van der Waals surface area contributed by atoms with Gasteiger partial charge in [-0.05, 0) is 17.7 Å². The van der Waals surface area contributed by atoms with Gasteiger partial charge in [0.25, 0.3) is 0 Å². The second kappa shape index (κ2) is 5.93. The van der Waals surface area contributed by atoms with Crippen molar-refractivity contribution in [3.8, 4) is 17.2 Å². The Bertz CT molecular complexity index is 919. The number of para-hydroxylation sites is 1. The van der Waals surface area contributed by atoms with E-state index in [1.807, 2.05) is 60.7 Å². The van der Waals surface area contributed by atoms with Gasteiger partial charge in [0.2, 0.25) is 0 Å². The van der Waals surface area contributed by atoms with Gasteiger partial charge < -0.3 is 9.15 Å². The van der Waals surface area contributed by atoms with Crippen LogP contribution in [-0.2, 0) is 6.61 Å². The average molecular weight is 302 g/mol. The fraction of sp³-hybridized carbons (Fsp3) is 0.0526. The maximum atomic E-state index is 6.04. The van der Waals surface area contributed by atoms with Crippen LogP contribution < -0.4 is 4.74 Å². The summed E-state index contributed by atoms with van der Waals surface area (Å²) in [5.74, 6) is 1.41. The van der Waals surface area contributed by atoms with Gasteiger partial charge in [0.15, 0.2) is 12.2 Å². The molecule has 0 aliphatic heterocycles. The van der Waals surface area contributed by atoms with E-state index in [0.29, 0.717) is 18.1 Å². The Morgan fingerprint density at radius 3 is 2.61 bits per heavy atom. The maximum absolute atomic E-state index is 6.04. The Kier molecular flexibility index (Phi) is 3.48. The lowest BCUT2D eigenvalue weighted by Crippen LogP contribution is -1.97. The minimum Gasteiger partial charge on any atom is -0.488 e. The first-order valence-corrected chi connectivity index (χ1v) is 7.35. The number of aromatic nitrogens is 2. The SMILES string of the molecule is c1ccc(COc2cc(-c3cnco3)nc3ccccc23)cc1. The van der Waals surface area contributed by atoms with Crippen molar-refractivity contribution in [1.29, 1.82) is 0 Å². The van der Waals surface area contributed by atoms with Crippen LogP contribution in [0.5, 0.6) is 5.75 Å². The zero-order valence-electron chi connectivity index (χ0n) is 12.3. The summed E-state index contributed by atoms with van der Waals surface area (Å²) in [6, 6.07) is 19.9. The molecule has 0 saturated heterocycles. The minimum absolute atomic E-state index is 0.505. The number of nitrogens with zero attached hydrogens (tertiary/aromatic N) is 2. The molecule has 0 saturated carbocycles. The van der Waals surface area contributed by atoms with Crippen molar-refractivity contribution in [2.24, 2.45) is 0 Å². The van der Waals surface area contributed by atoms with Crippen molar-refractivity contribution in [2.75, 3.05) is 0 Å². The number of oxazole rings is 1. The molecule has 2 heterocycles. The molecule has 2 aromatic carbocycles. The van der Waals surface area contributed by atoms with Crippen molar-refractivity contribution in [2.45, 2.75) is 6.61 Å². The van der Waals surface area contributed by atoms with Crippen molar-refractivity contribution < 1.29 is 9.15 Å². The van der Waals surface area contributed by atoms with Crippen molar-refractivity contribution in [3.63, 3.8) is 0 Å². The van der Waals surface area contributed by atoms with Crippen LogP contribution in [0.15, 0.2) is 77.7 Å². The monoisotopic (exact) mass is 302 g/mol. The number of ether oxygens (including phenoxy) is 1. The molecular formula is C19H14N2O2. The number of hydrogen-bond donors (Lipinski definition) is 0. The van der Waals surface area contributed by atoms with E-state index >= 15 is 0 Å². The van der Waals surface area contributed by atoms with Crippen molar-refractivity contribution >= 4 is 10.9 Å². The van der Waals surface area contributed by atoms with Gasteiger partial charge in [-0.1, -0.05) is 42.5 Å². The highest BCUT2D eigenvalue weighted by Crippen LogP contribution is 2.30. The summed E-state index contributed by atoms with van der Waals surface area (Å²) in [5.41, 5.74) is 2.70. The number of pyridine rings is 1. The molecule has 0 fully saturated rings. The van der Waals surface area contributed by atoms with Gasteiger partial charge in [0, 0.05) is 11.5 Å². The first kappa shape index (κ1) is 13.5. The Morgan fingerprint density at radius 2 is 1.78 bits per heavy atom. The number of fused-ring (bicyclic) bond motifs is 1. The highest BCUT2D eigenvalue weighted by atomic mass is 16.5. The van der Waals surface area contributed by atoms with E-state index in [1.54, 1.807) is 6.20 Å². The fourth-order valence-corrected chi connectivity index (χ4v) is 2.47. The normalized spacial score (nSPS) is 10.8. The molecule has 23 heavy (non-hydrogen) atoms. The molecule has 4 heteroatoms. The van der Waals surface area contributed by atoms with Crippen LogP contribution in [0.4, 0.5) is 0 Å². The number of rotatable bonds is 4. The van der Waals surface area contributed by atoms with Gasteiger partial charge in [-0.15, -0.1) is 0 Å². The first-order chi connectivity index (χ1) is 11.4. The molecule has 2 aromatic heterocycles. The molecule has 4 rings (SSSR count). The highest BCUT2D eigenvalue weighted by molar-refractivity contribution is 5.87. The molecule has 0 aliphatic carbocycles. The predicted octanol–water partition coefficient (Wildman–Crippen LogP) is 4.47. The first-order valence-electron chi connectivity index (χ1n) is 7.35. The third-order valence-corrected chi connectivity index (χ3v) is 3.60. The lowest BCUT2D eigenvalue weighted by atomic mass is 10.1. The standard InChI is InChI=1S/C19H14N2O2/c1-2-6-14(7-3-1)12-22-18-10-17(19-11-20-13-23-19)21-16-9-5-4-8-15(16)18/h1-11,13H,12H2. The zero-order chi connectivity index (χ0) is 15.5. The molecule has 4 nitrogen and oxygen atoms in total. The van der Waals surface area contributed by atoms with Gasteiger partial charge in [-0.25, -0.2) is 9.97 Å². The van der Waals surface area contributed by atoms with Gasteiger partial charge in [0.1, 0.15) is 18.1 Å². The van der Waals surface area contributed by atoms with E-state index in [0.717, 1.165) is 22.2 Å². The lowest BCUT2D eigenvalue weighted by molar-refractivity contribution is 0.310. The van der Waals surface area contributed by atoms with E-state index in [-0.39, 0.29) is 0 Å². The molecular weight excluding hydrogens is 288 g/mol. The smallest absolute Gasteiger partial charge is 0.181 e. The Morgan fingerprint density at radius 1 is 0.957 bits per heavy atom. The maximum Gasteiger partial charge on any atom is 0.181 e. The van der Waals surface area contributed by atoms with E-state index < -0.39 is 0 Å². The van der Waals surface area contributed by atoms with Gasteiger partial charge >= 0.3 is 0 Å². The Hall–Kier alpha value is -3.14. The van der Waals surface area contributed by atoms with Crippen molar-refractivity contribution in [3.05, 3.63) is 78.8 Å². The van der Waals surface area contributed by atoms with E-state index in [1.165, 1.54) is 6.39 Å². The third-order valence-electron chi connectivity index (χ3n) is 3.60.